The van der Waals surface area contributed by atoms with Gasteiger partial charge in [0.05, 0.1) is 24.1 Å². The molecule has 7 heteroatoms. The average Bonchev–Trinajstić information content (AvgIpc) is 3.46. The third kappa shape index (κ3) is 2.89. The van der Waals surface area contributed by atoms with Gasteiger partial charge in [-0.15, -0.1) is 0 Å². The summed E-state index contributed by atoms with van der Waals surface area (Å²) in [6, 6.07) is 3.82. The van der Waals surface area contributed by atoms with Crippen molar-refractivity contribution in [3.63, 3.8) is 0 Å². The fraction of sp³-hybridized carbons (Fsp3) is 0.741. The van der Waals surface area contributed by atoms with Gasteiger partial charge < -0.3 is 19.8 Å². The standard InChI is InChI=1S/C27H37N3O4/c1-17-6-9-28(13-17)16-23(32)30-11-8-27(33)21-12-19-4-5-20(31)25-24(19)26(27,22(15-30)34-25)7-10-29(21)14-18-2-3-18/h4-5,17-18,21-22,31,33H,2-3,6-16H2,1H3/t17-,21-,22+,26-,27-/m1/s1. The van der Waals surface area contributed by atoms with Crippen LogP contribution < -0.4 is 4.74 Å². The van der Waals surface area contributed by atoms with Crippen LogP contribution in [0.25, 0.3) is 0 Å². The van der Waals surface area contributed by atoms with E-state index in [2.05, 4.69) is 16.7 Å². The monoisotopic (exact) mass is 467 g/mol. The number of ether oxygens (including phenoxy) is 1. The van der Waals surface area contributed by atoms with Crippen LogP contribution in [0.1, 0.15) is 50.2 Å². The molecular weight excluding hydrogens is 430 g/mol. The molecule has 184 valence electrons. The van der Waals surface area contributed by atoms with Crippen LogP contribution in [0.5, 0.6) is 11.5 Å². The van der Waals surface area contributed by atoms with Gasteiger partial charge in [-0.25, -0.2) is 0 Å². The molecule has 4 aliphatic heterocycles. The summed E-state index contributed by atoms with van der Waals surface area (Å²) in [5.74, 6) is 2.26. The fourth-order valence-electron chi connectivity index (χ4n) is 8.09. The van der Waals surface area contributed by atoms with Gasteiger partial charge in [-0.1, -0.05) is 13.0 Å². The second kappa shape index (κ2) is 7.34. The Morgan fingerprint density at radius 2 is 2.00 bits per heavy atom. The van der Waals surface area contributed by atoms with Crippen LogP contribution in [0.15, 0.2) is 12.1 Å². The van der Waals surface area contributed by atoms with Crippen molar-refractivity contribution in [2.24, 2.45) is 11.8 Å². The highest BCUT2D eigenvalue weighted by atomic mass is 16.5. The number of rotatable bonds is 4. The Labute approximate surface area is 201 Å². The van der Waals surface area contributed by atoms with Gasteiger partial charge in [-0.2, -0.15) is 0 Å². The number of phenolic OH excluding ortho intramolecular Hbond substituents is 1. The Bertz CT molecular complexity index is 1030. The van der Waals surface area contributed by atoms with Crippen molar-refractivity contribution in [3.8, 4) is 11.5 Å². The number of carbonyl (C=O) groups excluding carboxylic acids is 1. The SMILES string of the molecule is C[C@@H]1CCN(CC(=O)N2CC[C@@]3(O)[C@H]4Cc5ccc(O)c6c5[C@@]3(CCN4CC3CC3)[C@H](C2)O6)C1. The molecule has 1 amide bonds. The van der Waals surface area contributed by atoms with Gasteiger partial charge in [0, 0.05) is 31.2 Å². The number of piperidine rings is 1. The summed E-state index contributed by atoms with van der Waals surface area (Å²) >= 11 is 0. The maximum Gasteiger partial charge on any atom is 0.236 e. The van der Waals surface area contributed by atoms with E-state index in [4.69, 9.17) is 4.74 Å². The molecule has 1 aromatic carbocycles. The number of hydrogen-bond acceptors (Lipinski definition) is 6. The summed E-state index contributed by atoms with van der Waals surface area (Å²) in [5.41, 5.74) is 0.714. The lowest BCUT2D eigenvalue weighted by atomic mass is 9.52. The third-order valence-corrected chi connectivity index (χ3v) is 10.0. The first-order valence-electron chi connectivity index (χ1n) is 13.4. The first kappa shape index (κ1) is 21.5. The summed E-state index contributed by atoms with van der Waals surface area (Å²) in [6.07, 6.45) is 5.58. The molecule has 0 aromatic heterocycles. The van der Waals surface area contributed by atoms with Crippen LogP contribution in [0.4, 0.5) is 0 Å². The third-order valence-electron chi connectivity index (χ3n) is 10.0. The van der Waals surface area contributed by atoms with Crippen molar-refractivity contribution in [2.45, 2.75) is 68.6 Å². The molecule has 2 N–H and O–H groups in total. The highest BCUT2D eigenvalue weighted by Gasteiger charge is 2.71. The number of benzene rings is 1. The van der Waals surface area contributed by atoms with Crippen molar-refractivity contribution in [1.29, 1.82) is 0 Å². The molecule has 5 atom stereocenters. The Morgan fingerprint density at radius 3 is 2.76 bits per heavy atom. The number of aliphatic hydroxyl groups is 1. The Kier molecular flexibility index (Phi) is 4.63. The molecule has 2 bridgehead atoms. The van der Waals surface area contributed by atoms with Gasteiger partial charge in [0.25, 0.3) is 0 Å². The minimum atomic E-state index is -0.964. The maximum absolute atomic E-state index is 13.4. The fourth-order valence-corrected chi connectivity index (χ4v) is 8.09. The highest BCUT2D eigenvalue weighted by molar-refractivity contribution is 5.78. The predicted octanol–water partition coefficient (Wildman–Crippen LogP) is 1.74. The molecule has 1 spiro atoms. The largest absolute Gasteiger partial charge is 0.504 e. The average molecular weight is 468 g/mol. The van der Waals surface area contributed by atoms with Gasteiger partial charge >= 0.3 is 0 Å². The lowest BCUT2D eigenvalue weighted by Crippen LogP contribution is -2.74. The van der Waals surface area contributed by atoms with Gasteiger partial charge in [0.15, 0.2) is 11.5 Å². The summed E-state index contributed by atoms with van der Waals surface area (Å²) < 4.78 is 6.51. The number of phenols is 1. The topological polar surface area (TPSA) is 76.5 Å². The molecule has 7 nitrogen and oxygen atoms in total. The van der Waals surface area contributed by atoms with Gasteiger partial charge in [-0.3, -0.25) is 14.6 Å². The molecule has 4 heterocycles. The number of likely N-dealkylation sites (tertiary alicyclic amines) is 3. The van der Waals surface area contributed by atoms with Crippen LogP contribution in [-0.2, 0) is 16.6 Å². The summed E-state index contributed by atoms with van der Waals surface area (Å²) in [7, 11) is 0. The molecule has 1 aromatic rings. The normalized spacial score (nSPS) is 39.0. The van der Waals surface area contributed by atoms with Crippen LogP contribution >= 0.6 is 0 Å². The van der Waals surface area contributed by atoms with E-state index < -0.39 is 11.0 Å². The van der Waals surface area contributed by atoms with Crippen LogP contribution in [0, 0.1) is 11.8 Å². The lowest BCUT2D eigenvalue weighted by molar-refractivity contribution is -0.162. The van der Waals surface area contributed by atoms with Crippen molar-refractivity contribution in [1.82, 2.24) is 14.7 Å². The molecule has 6 aliphatic rings. The first-order valence-corrected chi connectivity index (χ1v) is 13.4. The molecule has 0 radical (unpaired) electrons. The predicted molar refractivity (Wildman–Crippen MR) is 127 cm³/mol. The number of hydrogen-bond donors (Lipinski definition) is 2. The van der Waals surface area contributed by atoms with Crippen molar-refractivity contribution < 1.29 is 19.7 Å². The summed E-state index contributed by atoms with van der Waals surface area (Å²) in [6.45, 7) is 7.71. The Hall–Kier alpha value is -1.83. The van der Waals surface area contributed by atoms with Crippen molar-refractivity contribution >= 4 is 5.91 Å². The van der Waals surface area contributed by atoms with E-state index >= 15 is 0 Å². The molecular formula is C27H37N3O4. The minimum absolute atomic E-state index is 0.0328. The number of nitrogens with zero attached hydrogens (tertiary/aromatic N) is 3. The second-order valence-corrected chi connectivity index (χ2v) is 12.1. The molecule has 2 aliphatic carbocycles. The second-order valence-electron chi connectivity index (χ2n) is 12.1. The first-order chi connectivity index (χ1) is 16.4. The number of carbonyl (C=O) groups is 1. The van der Waals surface area contributed by atoms with E-state index in [1.165, 1.54) is 18.4 Å². The zero-order valence-electron chi connectivity index (χ0n) is 20.2. The van der Waals surface area contributed by atoms with E-state index in [9.17, 15) is 15.0 Å². The summed E-state index contributed by atoms with van der Waals surface area (Å²) in [4.78, 5) is 20.2. The number of amides is 1. The Morgan fingerprint density at radius 1 is 1.15 bits per heavy atom. The minimum Gasteiger partial charge on any atom is -0.504 e. The van der Waals surface area contributed by atoms with Crippen molar-refractivity contribution in [2.75, 3.05) is 45.8 Å². The van der Waals surface area contributed by atoms with Crippen LogP contribution in [0.2, 0.25) is 0 Å². The van der Waals surface area contributed by atoms with E-state index in [-0.39, 0.29) is 23.8 Å². The smallest absolute Gasteiger partial charge is 0.236 e. The van der Waals surface area contributed by atoms with Gasteiger partial charge in [0.2, 0.25) is 5.91 Å². The van der Waals surface area contributed by atoms with E-state index in [0.29, 0.717) is 37.7 Å². The molecule has 0 unspecified atom stereocenters. The quantitative estimate of drug-likeness (QED) is 0.703. The van der Waals surface area contributed by atoms with E-state index in [1.54, 1.807) is 6.07 Å². The zero-order chi connectivity index (χ0) is 23.2. The van der Waals surface area contributed by atoms with Crippen molar-refractivity contribution in [3.05, 3.63) is 23.3 Å². The van der Waals surface area contributed by atoms with Crippen LogP contribution in [-0.4, -0.2) is 94.4 Å². The van der Waals surface area contributed by atoms with Crippen LogP contribution in [0.3, 0.4) is 0 Å². The maximum atomic E-state index is 13.4. The van der Waals surface area contributed by atoms with E-state index in [0.717, 1.165) is 56.9 Å². The molecule has 34 heavy (non-hydrogen) atoms. The molecule has 1 saturated carbocycles. The summed E-state index contributed by atoms with van der Waals surface area (Å²) in [5, 5.41) is 23.4. The molecule has 4 fully saturated rings. The molecule has 7 rings (SSSR count). The Balaban J connectivity index is 1.26. The zero-order valence-corrected chi connectivity index (χ0v) is 20.2. The number of aromatic hydroxyl groups is 1. The molecule has 3 saturated heterocycles. The van der Waals surface area contributed by atoms with Gasteiger partial charge in [-0.05, 0) is 75.1 Å². The van der Waals surface area contributed by atoms with Gasteiger partial charge in [0.1, 0.15) is 6.10 Å². The highest BCUT2D eigenvalue weighted by Crippen LogP contribution is 2.63. The van der Waals surface area contributed by atoms with E-state index in [1.807, 2.05) is 11.0 Å². The lowest BCUT2D eigenvalue weighted by Gasteiger charge is -2.60.